The van der Waals surface area contributed by atoms with Gasteiger partial charge in [-0.2, -0.15) is 0 Å². The highest BCUT2D eigenvalue weighted by molar-refractivity contribution is 4.95. The summed E-state index contributed by atoms with van der Waals surface area (Å²) in [5.74, 6) is 0.705. The van der Waals surface area contributed by atoms with Gasteiger partial charge in [0.05, 0.1) is 0 Å². The Labute approximate surface area is 101 Å². The van der Waals surface area contributed by atoms with Crippen molar-refractivity contribution in [3.05, 3.63) is 0 Å². The van der Waals surface area contributed by atoms with Crippen molar-refractivity contribution in [1.29, 1.82) is 0 Å². The lowest BCUT2D eigenvalue weighted by Crippen LogP contribution is -2.54. The monoisotopic (exact) mass is 233 g/mol. The molecule has 0 aliphatic heterocycles. The average Bonchev–Trinajstić information content (AvgIpc) is 2.20. The van der Waals surface area contributed by atoms with E-state index in [1.165, 1.54) is 13.0 Å². The summed E-state index contributed by atoms with van der Waals surface area (Å²) in [5.41, 5.74) is 0.605. The minimum atomic E-state index is 0.261. The van der Waals surface area contributed by atoms with Gasteiger partial charge in [-0.3, -0.25) is 10.5 Å². The van der Waals surface area contributed by atoms with Crippen molar-refractivity contribution in [2.75, 3.05) is 13.6 Å². The van der Waals surface area contributed by atoms with Crippen LogP contribution in [0.4, 0.5) is 0 Å². The standard InChI is InChI=1S/C13H29N.H2O2/c1-9-10-14(8)13(6,7)12(4,5)11(2)3;1-2/h11H,9-10H2,1-8H3;1-2H. The van der Waals surface area contributed by atoms with E-state index in [-0.39, 0.29) is 5.54 Å². The predicted octanol–water partition coefficient (Wildman–Crippen LogP) is 3.81. The van der Waals surface area contributed by atoms with Crippen molar-refractivity contribution >= 4 is 0 Å². The SMILES string of the molecule is CCCN(C)C(C)(C)C(C)(C)C(C)C.OO. The van der Waals surface area contributed by atoms with Crippen LogP contribution in [0, 0.1) is 11.3 Å². The molecule has 0 radical (unpaired) electrons. The highest BCUT2D eigenvalue weighted by Gasteiger charge is 2.41. The van der Waals surface area contributed by atoms with Crippen molar-refractivity contribution in [3.63, 3.8) is 0 Å². The van der Waals surface area contributed by atoms with Gasteiger partial charge in [0.25, 0.3) is 0 Å². The van der Waals surface area contributed by atoms with Crippen LogP contribution in [0.3, 0.4) is 0 Å². The fourth-order valence-corrected chi connectivity index (χ4v) is 1.81. The molecular weight excluding hydrogens is 202 g/mol. The van der Waals surface area contributed by atoms with Crippen LogP contribution in [-0.2, 0) is 0 Å². The van der Waals surface area contributed by atoms with E-state index in [2.05, 4.69) is 60.4 Å². The van der Waals surface area contributed by atoms with Crippen LogP contribution in [0.25, 0.3) is 0 Å². The first-order valence-corrected chi connectivity index (χ1v) is 6.09. The molecule has 0 unspecified atom stereocenters. The lowest BCUT2D eigenvalue weighted by molar-refractivity contribution is -0.176. The predicted molar refractivity (Wildman–Crippen MR) is 70.9 cm³/mol. The Balaban J connectivity index is 0. The molecule has 0 aliphatic rings. The molecule has 0 saturated carbocycles. The number of hydrogen-bond acceptors (Lipinski definition) is 3. The van der Waals surface area contributed by atoms with Crippen molar-refractivity contribution in [2.24, 2.45) is 11.3 Å². The summed E-state index contributed by atoms with van der Waals surface area (Å²) in [6.07, 6.45) is 1.23. The highest BCUT2D eigenvalue weighted by atomic mass is 17.0. The Morgan fingerprint density at radius 2 is 1.44 bits per heavy atom. The molecule has 3 nitrogen and oxygen atoms in total. The molecule has 0 saturated heterocycles. The molecule has 2 N–H and O–H groups in total. The fourth-order valence-electron chi connectivity index (χ4n) is 1.81. The molecule has 0 aromatic heterocycles. The summed E-state index contributed by atoms with van der Waals surface area (Å²) in [5, 5.41) is 12.0. The summed E-state index contributed by atoms with van der Waals surface area (Å²) >= 11 is 0. The van der Waals surface area contributed by atoms with Gasteiger partial charge in [-0.15, -0.1) is 0 Å². The maximum atomic E-state index is 6.00. The maximum absolute atomic E-state index is 6.00. The second-order valence-corrected chi connectivity index (χ2v) is 5.86. The molecule has 0 spiro atoms. The Bertz CT molecular complexity index is 177. The average molecular weight is 233 g/mol. The van der Waals surface area contributed by atoms with Crippen LogP contribution < -0.4 is 0 Å². The molecule has 0 aliphatic carbocycles. The van der Waals surface area contributed by atoms with E-state index in [0.717, 1.165) is 0 Å². The normalized spacial score (nSPS) is 12.8. The molecule has 0 aromatic carbocycles. The lowest BCUT2D eigenvalue weighted by Gasteiger charge is -2.50. The second-order valence-electron chi connectivity index (χ2n) is 5.86. The van der Waals surface area contributed by atoms with E-state index < -0.39 is 0 Å². The largest absolute Gasteiger partial charge is 0.301 e. The first-order valence-electron chi connectivity index (χ1n) is 6.09. The van der Waals surface area contributed by atoms with E-state index >= 15 is 0 Å². The van der Waals surface area contributed by atoms with Crippen LogP contribution >= 0.6 is 0 Å². The van der Waals surface area contributed by atoms with E-state index in [0.29, 0.717) is 11.3 Å². The molecule has 100 valence electrons. The summed E-state index contributed by atoms with van der Waals surface area (Å²) in [6.45, 7) is 17.6. The zero-order valence-electron chi connectivity index (χ0n) is 12.3. The topological polar surface area (TPSA) is 43.7 Å². The summed E-state index contributed by atoms with van der Waals surface area (Å²) in [6, 6.07) is 0. The minimum absolute atomic E-state index is 0.261. The lowest BCUT2D eigenvalue weighted by atomic mass is 9.66. The Morgan fingerprint density at radius 1 is 1.06 bits per heavy atom. The molecule has 0 atom stereocenters. The third kappa shape index (κ3) is 4.04. The molecular formula is C13H31NO2. The van der Waals surface area contributed by atoms with Gasteiger partial charge in [0, 0.05) is 5.54 Å². The molecule has 0 bridgehead atoms. The maximum Gasteiger partial charge on any atom is 0.0203 e. The van der Waals surface area contributed by atoms with Gasteiger partial charge >= 0.3 is 0 Å². The molecule has 0 fully saturated rings. The van der Waals surface area contributed by atoms with Crippen LogP contribution in [0.2, 0.25) is 0 Å². The van der Waals surface area contributed by atoms with Gasteiger partial charge in [-0.1, -0.05) is 34.6 Å². The Kier molecular flexibility index (Phi) is 8.27. The zero-order chi connectivity index (χ0) is 13.6. The summed E-state index contributed by atoms with van der Waals surface area (Å²) in [7, 11) is 2.24. The molecule has 0 heterocycles. The van der Waals surface area contributed by atoms with Gasteiger partial charge in [-0.25, -0.2) is 0 Å². The highest BCUT2D eigenvalue weighted by Crippen LogP contribution is 2.41. The first kappa shape index (κ1) is 18.3. The van der Waals surface area contributed by atoms with Crippen molar-refractivity contribution < 1.29 is 10.5 Å². The number of rotatable bonds is 5. The summed E-state index contributed by atoms with van der Waals surface area (Å²) in [4.78, 5) is 2.49. The van der Waals surface area contributed by atoms with Gasteiger partial charge in [-0.05, 0) is 45.2 Å². The molecule has 0 rings (SSSR count). The molecule has 0 aromatic rings. The smallest absolute Gasteiger partial charge is 0.0203 e. The quantitative estimate of drug-likeness (QED) is 0.560. The number of nitrogens with zero attached hydrogens (tertiary/aromatic N) is 1. The van der Waals surface area contributed by atoms with Crippen molar-refractivity contribution in [1.82, 2.24) is 4.90 Å². The van der Waals surface area contributed by atoms with E-state index in [9.17, 15) is 0 Å². The van der Waals surface area contributed by atoms with Gasteiger partial charge in [0.1, 0.15) is 0 Å². The fraction of sp³-hybridized carbons (Fsp3) is 1.00. The van der Waals surface area contributed by atoms with Crippen molar-refractivity contribution in [2.45, 2.75) is 60.4 Å². The van der Waals surface area contributed by atoms with E-state index in [4.69, 9.17) is 10.5 Å². The zero-order valence-corrected chi connectivity index (χ0v) is 12.3. The van der Waals surface area contributed by atoms with Gasteiger partial charge in [0.15, 0.2) is 0 Å². The summed E-state index contributed by atoms with van der Waals surface area (Å²) < 4.78 is 0. The van der Waals surface area contributed by atoms with Gasteiger partial charge in [0.2, 0.25) is 0 Å². The van der Waals surface area contributed by atoms with Gasteiger partial charge < -0.3 is 4.90 Å². The van der Waals surface area contributed by atoms with Crippen LogP contribution in [0.1, 0.15) is 54.9 Å². The minimum Gasteiger partial charge on any atom is -0.301 e. The van der Waals surface area contributed by atoms with Crippen LogP contribution in [0.15, 0.2) is 0 Å². The first-order chi connectivity index (χ1) is 7.17. The molecule has 0 amide bonds. The third-order valence-electron chi connectivity index (χ3n) is 4.53. The second kappa shape index (κ2) is 7.25. The Morgan fingerprint density at radius 3 is 1.69 bits per heavy atom. The third-order valence-corrected chi connectivity index (χ3v) is 4.53. The van der Waals surface area contributed by atoms with E-state index in [1.807, 2.05) is 0 Å². The van der Waals surface area contributed by atoms with Crippen LogP contribution in [-0.4, -0.2) is 34.5 Å². The molecule has 16 heavy (non-hydrogen) atoms. The van der Waals surface area contributed by atoms with E-state index in [1.54, 1.807) is 0 Å². The number of hydrogen-bond donors (Lipinski definition) is 2. The molecule has 3 heteroatoms. The Hall–Kier alpha value is -0.120. The van der Waals surface area contributed by atoms with Crippen molar-refractivity contribution in [3.8, 4) is 0 Å². The van der Waals surface area contributed by atoms with Crippen LogP contribution in [0.5, 0.6) is 0 Å².